The van der Waals surface area contributed by atoms with Crippen molar-refractivity contribution in [2.75, 3.05) is 7.11 Å². The second-order valence-electron chi connectivity index (χ2n) is 7.50. The number of nitrogens with zero attached hydrogens (tertiary/aromatic N) is 5. The van der Waals surface area contributed by atoms with Gasteiger partial charge in [0.05, 0.1) is 19.4 Å². The highest BCUT2D eigenvalue weighted by Gasteiger charge is 2.42. The monoisotopic (exact) mass is 471 g/mol. The molecular formula is C22H16F3N5O2S. The summed E-state index contributed by atoms with van der Waals surface area (Å²) in [5.74, 6) is 0.364. The molecule has 11 heteroatoms. The fourth-order valence-corrected chi connectivity index (χ4v) is 5.00. The lowest BCUT2D eigenvalue weighted by Crippen LogP contribution is -2.29. The summed E-state index contributed by atoms with van der Waals surface area (Å²) in [6, 6.07) is 8.10. The molecule has 0 bridgehead atoms. The number of thioether (sulfide) groups is 1. The van der Waals surface area contributed by atoms with Crippen molar-refractivity contribution in [3.8, 4) is 5.75 Å². The fourth-order valence-electron chi connectivity index (χ4n) is 3.81. The SMILES string of the molecule is COc1ccc(C2=NC(=O)C3Sc4nc(C(F)(F)F)cc(C)c4C3=N2)cc1Cn1cccn1. The molecule has 33 heavy (non-hydrogen) atoms. The maximum atomic E-state index is 13.2. The number of carbonyl (C=O) groups excluding carboxylic acids is 1. The number of halogens is 3. The highest BCUT2D eigenvalue weighted by molar-refractivity contribution is 8.02. The van der Waals surface area contributed by atoms with E-state index in [2.05, 4.69) is 20.1 Å². The number of alkyl halides is 3. The lowest BCUT2D eigenvalue weighted by molar-refractivity contribution is -0.141. The van der Waals surface area contributed by atoms with Crippen LogP contribution in [0.4, 0.5) is 13.2 Å². The van der Waals surface area contributed by atoms with E-state index in [1.54, 1.807) is 37.0 Å². The molecular weight excluding hydrogens is 455 g/mol. The van der Waals surface area contributed by atoms with Crippen LogP contribution in [0.15, 0.2) is 57.7 Å². The van der Waals surface area contributed by atoms with Gasteiger partial charge in [0.15, 0.2) is 5.84 Å². The zero-order valence-corrected chi connectivity index (χ0v) is 18.2. The Morgan fingerprint density at radius 3 is 2.73 bits per heavy atom. The molecule has 1 unspecified atom stereocenters. The van der Waals surface area contributed by atoms with E-state index < -0.39 is 23.0 Å². The Kier molecular flexibility index (Phi) is 5.08. The number of methoxy groups -OCH3 is 1. The molecule has 2 aliphatic heterocycles. The Bertz CT molecular complexity index is 1330. The molecule has 0 fully saturated rings. The summed E-state index contributed by atoms with van der Waals surface area (Å²) < 4.78 is 46.8. The van der Waals surface area contributed by atoms with Gasteiger partial charge in [-0.3, -0.25) is 9.48 Å². The number of hydrogen-bond donors (Lipinski definition) is 0. The molecule has 0 spiro atoms. The third-order valence-corrected chi connectivity index (χ3v) is 6.48. The molecule has 0 aliphatic carbocycles. The molecule has 2 aromatic heterocycles. The molecule has 0 saturated carbocycles. The summed E-state index contributed by atoms with van der Waals surface area (Å²) in [7, 11) is 1.56. The van der Waals surface area contributed by atoms with Crippen LogP contribution in [0.5, 0.6) is 5.75 Å². The molecule has 1 amide bonds. The number of amidine groups is 1. The third-order valence-electron chi connectivity index (χ3n) is 5.30. The lowest BCUT2D eigenvalue weighted by Gasteiger charge is -2.16. The summed E-state index contributed by atoms with van der Waals surface area (Å²) in [6.45, 7) is 2.00. The van der Waals surface area contributed by atoms with Gasteiger partial charge in [-0.1, -0.05) is 11.8 Å². The fraction of sp³-hybridized carbons (Fsp3) is 0.227. The van der Waals surface area contributed by atoms with Crippen molar-refractivity contribution in [3.05, 3.63) is 70.7 Å². The van der Waals surface area contributed by atoms with Gasteiger partial charge < -0.3 is 4.74 Å². The quantitative estimate of drug-likeness (QED) is 0.576. The Balaban J connectivity index is 1.56. The predicted octanol–water partition coefficient (Wildman–Crippen LogP) is 3.91. The van der Waals surface area contributed by atoms with Gasteiger partial charge in [0.2, 0.25) is 0 Å². The summed E-state index contributed by atoms with van der Waals surface area (Å²) >= 11 is 0.952. The number of pyridine rings is 1. The van der Waals surface area contributed by atoms with Crippen molar-refractivity contribution < 1.29 is 22.7 Å². The van der Waals surface area contributed by atoms with Crippen LogP contribution >= 0.6 is 11.8 Å². The first kappa shape index (κ1) is 21.4. The Morgan fingerprint density at radius 1 is 1.21 bits per heavy atom. The first-order valence-corrected chi connectivity index (χ1v) is 10.7. The minimum absolute atomic E-state index is 0.143. The molecule has 7 nitrogen and oxygen atoms in total. The van der Waals surface area contributed by atoms with Crippen LogP contribution in [0, 0.1) is 6.92 Å². The predicted molar refractivity (Wildman–Crippen MR) is 116 cm³/mol. The number of fused-ring (bicyclic) bond motifs is 3. The topological polar surface area (TPSA) is 81.7 Å². The first-order chi connectivity index (χ1) is 15.7. The van der Waals surface area contributed by atoms with Gasteiger partial charge in [0.25, 0.3) is 5.91 Å². The van der Waals surface area contributed by atoms with E-state index in [0.29, 0.717) is 34.7 Å². The van der Waals surface area contributed by atoms with Crippen LogP contribution in [0.25, 0.3) is 0 Å². The second kappa shape index (κ2) is 7.84. The van der Waals surface area contributed by atoms with Gasteiger partial charge in [-0.2, -0.15) is 23.3 Å². The molecule has 5 rings (SSSR count). The van der Waals surface area contributed by atoms with E-state index in [9.17, 15) is 18.0 Å². The molecule has 0 radical (unpaired) electrons. The molecule has 0 N–H and O–H groups in total. The number of hydrogen-bond acceptors (Lipinski definition) is 6. The molecule has 2 aliphatic rings. The third kappa shape index (κ3) is 3.82. The summed E-state index contributed by atoms with van der Waals surface area (Å²) in [4.78, 5) is 25.3. The zero-order chi connectivity index (χ0) is 23.3. The molecule has 1 atom stereocenters. The van der Waals surface area contributed by atoms with Gasteiger partial charge in [0, 0.05) is 29.1 Å². The van der Waals surface area contributed by atoms with Crippen LogP contribution in [-0.4, -0.2) is 44.6 Å². The maximum absolute atomic E-state index is 13.2. The van der Waals surface area contributed by atoms with Gasteiger partial charge in [-0.05, 0) is 42.8 Å². The van der Waals surface area contributed by atoms with Crippen LogP contribution in [0.1, 0.15) is 27.9 Å². The van der Waals surface area contributed by atoms with E-state index in [1.165, 1.54) is 0 Å². The highest BCUT2D eigenvalue weighted by atomic mass is 32.2. The van der Waals surface area contributed by atoms with Crippen LogP contribution in [-0.2, 0) is 17.5 Å². The van der Waals surface area contributed by atoms with Crippen molar-refractivity contribution in [1.29, 1.82) is 0 Å². The average molecular weight is 471 g/mol. The van der Waals surface area contributed by atoms with Gasteiger partial charge in [-0.15, -0.1) is 0 Å². The van der Waals surface area contributed by atoms with Gasteiger partial charge >= 0.3 is 6.18 Å². The van der Waals surface area contributed by atoms with Crippen LogP contribution in [0.2, 0.25) is 0 Å². The normalized spacial score (nSPS) is 17.4. The molecule has 4 heterocycles. The molecule has 1 aromatic carbocycles. The number of benzene rings is 1. The number of ether oxygens (including phenoxy) is 1. The van der Waals surface area contributed by atoms with E-state index in [-0.39, 0.29) is 10.9 Å². The van der Waals surface area contributed by atoms with Crippen molar-refractivity contribution in [3.63, 3.8) is 0 Å². The van der Waals surface area contributed by atoms with Crippen molar-refractivity contribution in [1.82, 2.24) is 14.8 Å². The van der Waals surface area contributed by atoms with Crippen LogP contribution < -0.4 is 4.74 Å². The van der Waals surface area contributed by atoms with Gasteiger partial charge in [-0.25, -0.2) is 9.98 Å². The summed E-state index contributed by atoms with van der Waals surface area (Å²) in [5.41, 5.74) is 1.62. The number of aryl methyl sites for hydroxylation is 1. The first-order valence-electron chi connectivity index (χ1n) is 9.86. The number of aromatic nitrogens is 3. The zero-order valence-electron chi connectivity index (χ0n) is 17.4. The summed E-state index contributed by atoms with van der Waals surface area (Å²) in [6.07, 6.45) is -1.09. The second-order valence-corrected chi connectivity index (χ2v) is 8.59. The van der Waals surface area contributed by atoms with E-state index >= 15 is 0 Å². The number of carbonyl (C=O) groups is 1. The molecule has 3 aromatic rings. The highest BCUT2D eigenvalue weighted by Crippen LogP contribution is 2.42. The average Bonchev–Trinajstić information content (AvgIpc) is 3.41. The number of rotatable bonds is 4. The smallest absolute Gasteiger partial charge is 0.433 e. The minimum Gasteiger partial charge on any atom is -0.496 e. The minimum atomic E-state index is -4.57. The molecule has 0 saturated heterocycles. The van der Waals surface area contributed by atoms with Gasteiger partial charge in [0.1, 0.15) is 21.7 Å². The maximum Gasteiger partial charge on any atom is 0.433 e. The Hall–Kier alpha value is -3.47. The molecule has 168 valence electrons. The van der Waals surface area contributed by atoms with E-state index in [0.717, 1.165) is 23.4 Å². The standard InChI is InChI=1S/C22H16F3N5O2S/c1-11-8-15(22(23,24)25)27-21-16(11)17-18(33-21)20(31)29-19(28-17)12-4-5-14(32-2)13(9-12)10-30-7-3-6-26-30/h3-9,18H,10H2,1-2H3. The summed E-state index contributed by atoms with van der Waals surface area (Å²) in [5, 5.41) is 3.54. The van der Waals surface area contributed by atoms with E-state index in [4.69, 9.17) is 4.74 Å². The van der Waals surface area contributed by atoms with Crippen LogP contribution in [0.3, 0.4) is 0 Å². The van der Waals surface area contributed by atoms with Crippen molar-refractivity contribution >= 4 is 29.2 Å². The van der Waals surface area contributed by atoms with E-state index in [1.807, 2.05) is 18.3 Å². The Morgan fingerprint density at radius 2 is 2.03 bits per heavy atom. The number of amides is 1. The number of aliphatic imine (C=N–C) groups is 2. The van der Waals surface area contributed by atoms with Crippen molar-refractivity contribution in [2.24, 2.45) is 9.98 Å². The van der Waals surface area contributed by atoms with Crippen molar-refractivity contribution in [2.45, 2.75) is 29.9 Å². The Labute approximate surface area is 190 Å². The largest absolute Gasteiger partial charge is 0.496 e. The lowest BCUT2D eigenvalue weighted by atomic mass is 10.0.